The second kappa shape index (κ2) is 8.92. The van der Waals surface area contributed by atoms with E-state index in [4.69, 9.17) is 4.74 Å². The largest absolute Gasteiger partial charge is 0.481 e. The molecule has 0 aromatic carbocycles. The number of nitrogens with one attached hydrogen (secondary N) is 1. The molecule has 4 rings (SSSR count). The quantitative estimate of drug-likeness (QED) is 0.531. The first-order valence-electron chi connectivity index (χ1n) is 11.0. The lowest BCUT2D eigenvalue weighted by Gasteiger charge is -2.23. The number of aryl methyl sites for hydroxylation is 1. The summed E-state index contributed by atoms with van der Waals surface area (Å²) in [7, 11) is 0. The van der Waals surface area contributed by atoms with Crippen LogP contribution in [-0.2, 0) is 27.2 Å². The Balaban J connectivity index is 1.64. The number of fused-ring (bicyclic) bond motifs is 3. The van der Waals surface area contributed by atoms with Crippen LogP contribution in [0.15, 0.2) is 12.2 Å². The second-order valence-corrected chi connectivity index (χ2v) is 9.63. The van der Waals surface area contributed by atoms with E-state index in [0.717, 1.165) is 42.5 Å². The van der Waals surface area contributed by atoms with Crippen molar-refractivity contribution in [1.82, 2.24) is 0 Å². The van der Waals surface area contributed by atoms with Crippen molar-refractivity contribution in [2.24, 2.45) is 23.7 Å². The van der Waals surface area contributed by atoms with Crippen molar-refractivity contribution in [3.63, 3.8) is 0 Å². The Hall–Kier alpha value is -2.15. The minimum Gasteiger partial charge on any atom is -0.481 e. The zero-order chi connectivity index (χ0) is 21.3. The van der Waals surface area contributed by atoms with Crippen LogP contribution in [0.5, 0.6) is 0 Å². The van der Waals surface area contributed by atoms with Crippen LogP contribution in [0.2, 0.25) is 0 Å². The van der Waals surface area contributed by atoms with Crippen molar-refractivity contribution in [2.45, 2.75) is 58.3 Å². The lowest BCUT2D eigenvalue weighted by atomic mass is 9.82. The van der Waals surface area contributed by atoms with Crippen LogP contribution in [0.1, 0.15) is 66.2 Å². The van der Waals surface area contributed by atoms with E-state index in [-0.39, 0.29) is 24.3 Å². The van der Waals surface area contributed by atoms with Crippen molar-refractivity contribution in [3.05, 3.63) is 28.2 Å². The molecule has 1 fully saturated rings. The molecule has 3 aliphatic rings. The van der Waals surface area contributed by atoms with Crippen LogP contribution in [0.3, 0.4) is 0 Å². The monoisotopic (exact) mass is 431 g/mol. The van der Waals surface area contributed by atoms with Gasteiger partial charge in [0.1, 0.15) is 5.00 Å². The normalized spacial score (nSPS) is 27.6. The average Bonchev–Trinajstić information content (AvgIpc) is 3.40. The van der Waals surface area contributed by atoms with E-state index in [9.17, 15) is 19.5 Å². The Kier molecular flexibility index (Phi) is 6.27. The highest BCUT2D eigenvalue weighted by atomic mass is 32.1. The highest BCUT2D eigenvalue weighted by molar-refractivity contribution is 7.17. The lowest BCUT2D eigenvalue weighted by molar-refractivity contribution is -0.146. The lowest BCUT2D eigenvalue weighted by Crippen LogP contribution is -2.36. The Morgan fingerprint density at radius 1 is 1.07 bits per heavy atom. The molecule has 1 heterocycles. The number of hydrogen-bond donors (Lipinski definition) is 2. The maximum atomic E-state index is 13.2. The molecule has 162 valence electrons. The smallest absolute Gasteiger partial charge is 0.341 e. The van der Waals surface area contributed by atoms with E-state index in [1.807, 2.05) is 12.2 Å². The zero-order valence-electron chi connectivity index (χ0n) is 17.3. The maximum Gasteiger partial charge on any atom is 0.341 e. The fourth-order valence-electron chi connectivity index (χ4n) is 5.32. The van der Waals surface area contributed by atoms with Gasteiger partial charge >= 0.3 is 11.9 Å². The van der Waals surface area contributed by atoms with Crippen LogP contribution in [0.4, 0.5) is 5.00 Å². The van der Waals surface area contributed by atoms with Gasteiger partial charge in [-0.1, -0.05) is 31.4 Å². The summed E-state index contributed by atoms with van der Waals surface area (Å²) >= 11 is 1.47. The molecule has 1 aromatic heterocycles. The predicted octanol–water partition coefficient (Wildman–Crippen LogP) is 4.44. The number of carbonyl (C=O) groups excluding carboxylic acids is 2. The Morgan fingerprint density at radius 3 is 2.43 bits per heavy atom. The van der Waals surface area contributed by atoms with Gasteiger partial charge in [0.15, 0.2) is 0 Å². The molecule has 0 unspecified atom stereocenters. The van der Waals surface area contributed by atoms with Gasteiger partial charge in [-0.15, -0.1) is 11.3 Å². The summed E-state index contributed by atoms with van der Waals surface area (Å²) in [5.74, 6) is -3.04. The van der Waals surface area contributed by atoms with Gasteiger partial charge in [0, 0.05) is 4.88 Å². The maximum absolute atomic E-state index is 13.2. The summed E-state index contributed by atoms with van der Waals surface area (Å²) in [6, 6.07) is 0. The molecule has 2 N–H and O–H groups in total. The van der Waals surface area contributed by atoms with Crippen molar-refractivity contribution in [1.29, 1.82) is 0 Å². The number of carboxylic acid groups (broad SMARTS) is 1. The second-order valence-electron chi connectivity index (χ2n) is 8.52. The minimum absolute atomic E-state index is 0.0494. The summed E-state index contributed by atoms with van der Waals surface area (Å²) < 4.78 is 5.32. The summed E-state index contributed by atoms with van der Waals surface area (Å²) in [5, 5.41) is 13.2. The van der Waals surface area contributed by atoms with E-state index in [1.165, 1.54) is 24.2 Å². The van der Waals surface area contributed by atoms with Crippen LogP contribution in [0, 0.1) is 23.7 Å². The van der Waals surface area contributed by atoms with Crippen molar-refractivity contribution < 1.29 is 24.2 Å². The van der Waals surface area contributed by atoms with Crippen molar-refractivity contribution in [2.75, 3.05) is 11.9 Å². The number of carboxylic acids is 1. The first kappa shape index (κ1) is 21.1. The summed E-state index contributed by atoms with van der Waals surface area (Å²) in [5.41, 5.74) is 1.50. The van der Waals surface area contributed by atoms with Crippen molar-refractivity contribution in [3.8, 4) is 0 Å². The van der Waals surface area contributed by atoms with Gasteiger partial charge in [-0.3, -0.25) is 9.59 Å². The molecule has 0 aliphatic heterocycles. The van der Waals surface area contributed by atoms with Crippen LogP contribution in [-0.4, -0.2) is 29.6 Å². The third-order valence-electron chi connectivity index (χ3n) is 6.68. The average molecular weight is 432 g/mol. The molecule has 1 amide bonds. The first-order chi connectivity index (χ1) is 14.5. The number of carbonyl (C=O) groups is 3. The first-order valence-corrected chi connectivity index (χ1v) is 11.9. The SMILES string of the molecule is CCOC(=O)c1c(NC(=O)[C@@H]2[C@@H](C(=O)O)[C@H]3C=C[C@@H]2C3)sc2c1CCCCCCC2. The molecule has 6 nitrogen and oxygen atoms in total. The fourth-order valence-corrected chi connectivity index (χ4v) is 6.60. The number of thiophene rings is 1. The van der Waals surface area contributed by atoms with Crippen molar-refractivity contribution >= 4 is 34.2 Å². The third-order valence-corrected chi connectivity index (χ3v) is 7.89. The summed E-state index contributed by atoms with van der Waals surface area (Å²) in [6.45, 7) is 2.05. The molecule has 0 radical (unpaired) electrons. The number of esters is 1. The molecule has 1 aromatic rings. The number of allylic oxidation sites excluding steroid dienone is 2. The molecule has 7 heteroatoms. The molecule has 1 saturated carbocycles. The molecular formula is C23H29NO5S. The van der Waals surface area contributed by atoms with Crippen LogP contribution >= 0.6 is 11.3 Å². The van der Waals surface area contributed by atoms with Crippen LogP contribution < -0.4 is 5.32 Å². The van der Waals surface area contributed by atoms with Gasteiger partial charge in [-0.05, 0) is 56.4 Å². The van der Waals surface area contributed by atoms with Gasteiger partial charge in [-0.25, -0.2) is 4.79 Å². The standard InChI is InChI=1S/C23H29NO5S/c1-2-29-23(28)19-15-8-6-4-3-5-7-9-16(15)30-21(19)24-20(25)17-13-10-11-14(12-13)18(17)22(26)27/h10-11,13-14,17-18H,2-9,12H2,1H3,(H,24,25)(H,26,27)/t13-,14+,17+,18+/m1/s1. The van der Waals surface area contributed by atoms with Gasteiger partial charge in [0.25, 0.3) is 0 Å². The third kappa shape index (κ3) is 3.92. The zero-order valence-corrected chi connectivity index (χ0v) is 18.1. The van der Waals surface area contributed by atoms with E-state index in [0.29, 0.717) is 17.0 Å². The minimum atomic E-state index is -0.924. The molecule has 3 aliphatic carbocycles. The Labute approximate surface area is 180 Å². The van der Waals surface area contributed by atoms with E-state index < -0.39 is 23.8 Å². The highest BCUT2D eigenvalue weighted by Crippen LogP contribution is 2.49. The molecular weight excluding hydrogens is 402 g/mol. The van der Waals surface area contributed by atoms with E-state index >= 15 is 0 Å². The number of rotatable bonds is 5. The number of ether oxygens (including phenoxy) is 1. The van der Waals surface area contributed by atoms with Gasteiger partial charge in [-0.2, -0.15) is 0 Å². The van der Waals surface area contributed by atoms with Gasteiger partial charge in [0.2, 0.25) is 5.91 Å². The highest BCUT2D eigenvalue weighted by Gasteiger charge is 2.51. The predicted molar refractivity (Wildman–Crippen MR) is 115 cm³/mol. The topological polar surface area (TPSA) is 92.7 Å². The number of amides is 1. The van der Waals surface area contributed by atoms with Crippen LogP contribution in [0.25, 0.3) is 0 Å². The number of aliphatic carboxylic acids is 1. The van der Waals surface area contributed by atoms with Gasteiger partial charge < -0.3 is 15.2 Å². The summed E-state index contributed by atoms with van der Waals surface area (Å²) in [4.78, 5) is 39.0. The molecule has 2 bridgehead atoms. The van der Waals surface area contributed by atoms with E-state index in [1.54, 1.807) is 6.92 Å². The van der Waals surface area contributed by atoms with E-state index in [2.05, 4.69) is 5.32 Å². The molecule has 0 spiro atoms. The molecule has 30 heavy (non-hydrogen) atoms. The molecule has 4 atom stereocenters. The Bertz CT molecular complexity index is 873. The Morgan fingerprint density at radius 2 is 1.73 bits per heavy atom. The number of hydrogen-bond acceptors (Lipinski definition) is 5. The fraction of sp³-hybridized carbons (Fsp3) is 0.609. The number of anilines is 1. The van der Waals surface area contributed by atoms with Gasteiger partial charge in [0.05, 0.1) is 24.0 Å². The summed E-state index contributed by atoms with van der Waals surface area (Å²) in [6.07, 6.45) is 11.9. The molecule has 0 saturated heterocycles.